The highest BCUT2D eigenvalue weighted by Gasteiger charge is 2.50. The lowest BCUT2D eigenvalue weighted by Gasteiger charge is -2.43. The fourth-order valence-electron chi connectivity index (χ4n) is 8.66. The number of likely N-dealkylation sites (N-methyl/N-ethyl adjacent to an activating group) is 2. The van der Waals surface area contributed by atoms with E-state index in [4.69, 9.17) is 54.1 Å². The molecule has 14 nitrogen and oxygen atoms in total. The number of rotatable bonds is 17. The van der Waals surface area contributed by atoms with Gasteiger partial charge in [-0.2, -0.15) is 0 Å². The monoisotopic (exact) mass is 994 g/mol. The number of amides is 2. The molecule has 4 rings (SSSR count). The van der Waals surface area contributed by atoms with E-state index in [1.165, 1.54) is 37.6 Å². The third kappa shape index (κ3) is 16.9. The summed E-state index contributed by atoms with van der Waals surface area (Å²) in [5.74, 6) is -2.32. The van der Waals surface area contributed by atoms with Crippen molar-refractivity contribution in [2.45, 2.75) is 155 Å². The molecule has 2 saturated carbocycles. The standard InChI is InChI=1S/C25H34ClNO6.C16H19Cl2NO3.C9H16O3/c1-16(2)14-19(15-17(3)28)23(30)32-18(4)33-24(31)27(5)25(13-9-8-12-22(25)29)20-10-6-7-11-21(20)26;1-11(17)22-15(21)19(2)16(10-6-5-9-14(16)20)12-7-3-4-8-13(12)18;1-6(2)4-8(9(11)12)5-7(3)10/h6-7,10-11,16,18-19H,8-9,12-15H2,1-5H3;3-4,7-8,11H,5-6,9-10H2,1-2H3;6,8H,4-5H2,1-3H3,(H,11,12)/t18?,19-,25+;11?,16-;8-/m101/s1. The lowest BCUT2D eigenvalue weighted by molar-refractivity contribution is -0.173. The minimum absolute atomic E-state index is 0.0199. The van der Waals surface area contributed by atoms with Crippen LogP contribution in [0.5, 0.6) is 0 Å². The third-order valence-corrected chi connectivity index (χ3v) is 12.5. The van der Waals surface area contributed by atoms with Crippen LogP contribution < -0.4 is 0 Å². The lowest BCUT2D eigenvalue weighted by atomic mass is 9.74. The molecule has 2 amide bonds. The molecular weight excluding hydrogens is 927 g/mol. The molecule has 2 aromatic rings. The van der Waals surface area contributed by atoms with Gasteiger partial charge in [-0.3, -0.25) is 29.0 Å². The number of benzene rings is 2. The summed E-state index contributed by atoms with van der Waals surface area (Å²) in [5, 5.41) is 9.58. The van der Waals surface area contributed by atoms with Gasteiger partial charge in [0, 0.05) is 67.9 Å². The highest BCUT2D eigenvalue weighted by molar-refractivity contribution is 6.32. The molecule has 0 heterocycles. The second-order valence-electron chi connectivity index (χ2n) is 18.2. The Morgan fingerprint density at radius 3 is 1.37 bits per heavy atom. The summed E-state index contributed by atoms with van der Waals surface area (Å²) < 4.78 is 15.8. The number of carbonyl (C=O) groups excluding carboxylic acids is 7. The Morgan fingerprint density at radius 1 is 0.627 bits per heavy atom. The summed E-state index contributed by atoms with van der Waals surface area (Å²) in [5.41, 5.74) is -1.90. The van der Waals surface area contributed by atoms with Crippen molar-refractivity contribution in [3.8, 4) is 0 Å². The number of Topliss-reactive ketones (excluding diaryl/α,β-unsaturated/α-hetero) is 4. The van der Waals surface area contributed by atoms with E-state index >= 15 is 0 Å². The molecule has 372 valence electrons. The molecule has 1 N–H and O–H groups in total. The van der Waals surface area contributed by atoms with Crippen LogP contribution in [0.3, 0.4) is 0 Å². The van der Waals surface area contributed by atoms with Gasteiger partial charge in [0.2, 0.25) is 6.29 Å². The van der Waals surface area contributed by atoms with Crippen LogP contribution in [-0.4, -0.2) is 88.1 Å². The number of hydrogen-bond donors (Lipinski definition) is 1. The molecule has 0 aromatic heterocycles. The van der Waals surface area contributed by atoms with Crippen molar-refractivity contribution in [1.29, 1.82) is 0 Å². The highest BCUT2D eigenvalue weighted by atomic mass is 35.5. The van der Waals surface area contributed by atoms with Gasteiger partial charge in [-0.25, -0.2) is 9.59 Å². The van der Waals surface area contributed by atoms with Crippen molar-refractivity contribution < 1.29 is 57.7 Å². The van der Waals surface area contributed by atoms with E-state index in [-0.39, 0.29) is 41.9 Å². The highest BCUT2D eigenvalue weighted by Crippen LogP contribution is 2.44. The minimum Gasteiger partial charge on any atom is -0.481 e. The summed E-state index contributed by atoms with van der Waals surface area (Å²) in [7, 11) is 3.06. The largest absolute Gasteiger partial charge is 0.481 e. The van der Waals surface area contributed by atoms with Crippen molar-refractivity contribution in [1.82, 2.24) is 9.80 Å². The fraction of sp³-hybridized carbons (Fsp3) is 0.600. The smallest absolute Gasteiger partial charge is 0.413 e. The average Bonchev–Trinajstić information content (AvgIpc) is 3.23. The number of hydrogen-bond acceptors (Lipinski definition) is 11. The van der Waals surface area contributed by atoms with Gasteiger partial charge in [0.15, 0.2) is 17.1 Å². The van der Waals surface area contributed by atoms with E-state index in [2.05, 4.69) is 0 Å². The van der Waals surface area contributed by atoms with Gasteiger partial charge >= 0.3 is 24.1 Å². The Labute approximate surface area is 410 Å². The van der Waals surface area contributed by atoms with E-state index in [9.17, 15) is 38.4 Å². The quantitative estimate of drug-likeness (QED) is 0.0897. The Morgan fingerprint density at radius 2 is 1.01 bits per heavy atom. The molecule has 2 aliphatic rings. The van der Waals surface area contributed by atoms with Crippen molar-refractivity contribution in [3.63, 3.8) is 0 Å². The Hall–Kier alpha value is -4.53. The van der Waals surface area contributed by atoms with Crippen molar-refractivity contribution >= 4 is 82.1 Å². The number of halogens is 3. The zero-order chi connectivity index (χ0) is 50.8. The molecule has 17 heteroatoms. The molecule has 2 aromatic carbocycles. The normalized spacial score (nSPS) is 19.8. The summed E-state index contributed by atoms with van der Waals surface area (Å²) >= 11 is 18.5. The number of carboxylic acid groups (broad SMARTS) is 1. The Kier molecular flexibility index (Phi) is 24.0. The van der Waals surface area contributed by atoms with E-state index < -0.39 is 58.9 Å². The van der Waals surface area contributed by atoms with Crippen molar-refractivity contribution in [2.24, 2.45) is 23.7 Å². The maximum atomic E-state index is 13.1. The molecule has 0 spiro atoms. The molecule has 0 bridgehead atoms. The van der Waals surface area contributed by atoms with Gasteiger partial charge in [0.25, 0.3) is 0 Å². The number of carbonyl (C=O) groups is 8. The van der Waals surface area contributed by atoms with Gasteiger partial charge in [-0.1, -0.05) is 98.9 Å². The molecule has 2 aliphatic carbocycles. The number of ketones is 4. The third-order valence-electron chi connectivity index (χ3n) is 11.7. The van der Waals surface area contributed by atoms with Gasteiger partial charge in [-0.15, -0.1) is 0 Å². The predicted molar refractivity (Wildman–Crippen MR) is 257 cm³/mol. The SMILES string of the molecule is CC(=O)C[C@@H](CC(C)C)C(=O)O.CC(=O)C[C@@H](CC(C)C)C(=O)OC(C)OC(=O)N(C)[C@]1(c2ccccc2Cl)CCCCC1=O.CC(Cl)OC(=O)N(C)[C@]1(c2ccccc2Cl)CCCCC1=O. The van der Waals surface area contributed by atoms with Gasteiger partial charge in [-0.05, 0) is 96.1 Å². The van der Waals surface area contributed by atoms with Crippen LogP contribution in [0.15, 0.2) is 48.5 Å². The van der Waals surface area contributed by atoms with Gasteiger partial charge < -0.3 is 28.9 Å². The Bertz CT molecular complexity index is 2040. The topological polar surface area (TPSA) is 191 Å². The van der Waals surface area contributed by atoms with Crippen LogP contribution >= 0.6 is 34.8 Å². The molecule has 0 aliphatic heterocycles. The zero-order valence-electron chi connectivity index (χ0n) is 40.5. The van der Waals surface area contributed by atoms with Crippen LogP contribution in [0.1, 0.15) is 144 Å². The first kappa shape index (κ1) is 58.6. The van der Waals surface area contributed by atoms with Gasteiger partial charge in [0.05, 0.1) is 11.8 Å². The minimum atomic E-state index is -1.24. The van der Waals surface area contributed by atoms with Crippen molar-refractivity contribution in [3.05, 3.63) is 69.7 Å². The van der Waals surface area contributed by atoms with Crippen LogP contribution in [0, 0.1) is 23.7 Å². The summed E-state index contributed by atoms with van der Waals surface area (Å²) in [6, 6.07) is 14.1. The Balaban J connectivity index is 0.000000388. The van der Waals surface area contributed by atoms with Crippen LogP contribution in [0.4, 0.5) is 9.59 Å². The molecule has 0 radical (unpaired) electrons. The number of ether oxygens (including phenoxy) is 3. The molecule has 67 heavy (non-hydrogen) atoms. The number of carboxylic acids is 1. The molecule has 2 fully saturated rings. The predicted octanol–water partition coefficient (Wildman–Crippen LogP) is 11.3. The van der Waals surface area contributed by atoms with Crippen LogP contribution in [-0.2, 0) is 54.1 Å². The number of alkyl halides is 1. The summed E-state index contributed by atoms with van der Waals surface area (Å²) in [6.45, 7) is 13.7. The van der Waals surface area contributed by atoms with Crippen molar-refractivity contribution in [2.75, 3.05) is 14.1 Å². The maximum absolute atomic E-state index is 13.1. The molecule has 6 atom stereocenters. The zero-order valence-corrected chi connectivity index (χ0v) is 42.8. The number of aliphatic carboxylic acids is 1. The summed E-state index contributed by atoms with van der Waals surface area (Å²) in [6.07, 6.45) is 3.54. The van der Waals surface area contributed by atoms with E-state index in [1.807, 2.05) is 33.8 Å². The lowest BCUT2D eigenvalue weighted by Crippen LogP contribution is -2.54. The van der Waals surface area contributed by atoms with Crippen LogP contribution in [0.2, 0.25) is 10.0 Å². The second-order valence-corrected chi connectivity index (χ2v) is 19.6. The van der Waals surface area contributed by atoms with E-state index in [0.717, 1.165) is 25.7 Å². The second kappa shape index (κ2) is 27.5. The van der Waals surface area contributed by atoms with E-state index in [1.54, 1.807) is 56.4 Å². The summed E-state index contributed by atoms with van der Waals surface area (Å²) in [4.78, 5) is 99.3. The molecule has 0 saturated heterocycles. The first-order chi connectivity index (χ1) is 31.3. The number of nitrogens with zero attached hydrogens (tertiary/aromatic N) is 2. The maximum Gasteiger partial charge on any atom is 0.413 e. The van der Waals surface area contributed by atoms with E-state index in [0.29, 0.717) is 65.6 Å². The molecule has 2 unspecified atom stereocenters. The van der Waals surface area contributed by atoms with Crippen LogP contribution in [0.25, 0.3) is 0 Å². The number of esters is 1. The fourth-order valence-corrected chi connectivity index (χ4v) is 9.32. The van der Waals surface area contributed by atoms with Gasteiger partial charge in [0.1, 0.15) is 22.6 Å². The molecular formula is C50H69Cl3N2O12. The first-order valence-electron chi connectivity index (χ1n) is 22.8. The first-order valence-corrected chi connectivity index (χ1v) is 24.0. The average molecular weight is 996 g/mol.